The van der Waals surface area contributed by atoms with Gasteiger partial charge in [0, 0.05) is 0 Å². The first-order valence-electron chi connectivity index (χ1n) is 9.83. The average molecular weight is 385 g/mol. The van der Waals surface area contributed by atoms with E-state index in [4.69, 9.17) is 0 Å². The number of aliphatic hydroxyl groups excluding tert-OH is 1. The first-order valence-corrected chi connectivity index (χ1v) is 10.6. The molecule has 0 aromatic rings. The Morgan fingerprint density at radius 3 is 2.22 bits per heavy atom. The van der Waals surface area contributed by atoms with Gasteiger partial charge in [-0.2, -0.15) is 0 Å². The van der Waals surface area contributed by atoms with E-state index in [9.17, 15) is 5.11 Å². The van der Waals surface area contributed by atoms with Crippen molar-refractivity contribution in [2.75, 3.05) is 0 Å². The number of hydrogen-bond donors (Lipinski definition) is 1. The molecule has 2 heteroatoms. The summed E-state index contributed by atoms with van der Waals surface area (Å²) < 4.78 is -0.127. The normalized spacial score (nSPS) is 52.2. The molecule has 3 aliphatic carbocycles. The van der Waals surface area contributed by atoms with E-state index in [0.29, 0.717) is 17.3 Å². The molecule has 0 heterocycles. The molecule has 6 atom stereocenters. The lowest BCUT2D eigenvalue weighted by molar-refractivity contribution is -0.151. The fourth-order valence-corrected chi connectivity index (χ4v) is 7.98. The highest BCUT2D eigenvalue weighted by Gasteiger charge is 2.63. The fraction of sp³-hybridized carbons (Fsp3) is 1.00. The van der Waals surface area contributed by atoms with E-state index in [2.05, 4.69) is 57.5 Å². The van der Waals surface area contributed by atoms with Crippen LogP contribution in [0.1, 0.15) is 86.5 Å². The van der Waals surface area contributed by atoms with Gasteiger partial charge < -0.3 is 5.11 Å². The van der Waals surface area contributed by atoms with Crippen molar-refractivity contribution in [1.82, 2.24) is 0 Å². The topological polar surface area (TPSA) is 20.2 Å². The second-order valence-electron chi connectivity index (χ2n) is 10.7. The molecule has 0 amide bonds. The second-order valence-corrected chi connectivity index (χ2v) is 12.1. The van der Waals surface area contributed by atoms with E-state index < -0.39 is 0 Å². The van der Waals surface area contributed by atoms with Crippen LogP contribution in [0.15, 0.2) is 0 Å². The first-order chi connectivity index (χ1) is 10.5. The smallest absolute Gasteiger partial charge is 0.0736 e. The van der Waals surface area contributed by atoms with Gasteiger partial charge in [0.2, 0.25) is 0 Å². The number of alkyl halides is 1. The molecule has 0 radical (unpaired) electrons. The number of aliphatic hydroxyl groups is 1. The molecule has 0 aliphatic heterocycles. The number of rotatable bonds is 0. The first kappa shape index (κ1) is 18.2. The Morgan fingerprint density at radius 2 is 1.57 bits per heavy atom. The molecule has 23 heavy (non-hydrogen) atoms. The molecule has 3 rings (SSSR count). The molecule has 3 fully saturated rings. The van der Waals surface area contributed by atoms with Gasteiger partial charge in [-0.05, 0) is 72.5 Å². The van der Waals surface area contributed by atoms with Crippen LogP contribution in [0.3, 0.4) is 0 Å². The van der Waals surface area contributed by atoms with Crippen LogP contribution in [-0.4, -0.2) is 15.5 Å². The highest BCUT2D eigenvalue weighted by atomic mass is 79.9. The highest BCUT2D eigenvalue weighted by Crippen LogP contribution is 2.66. The zero-order valence-corrected chi connectivity index (χ0v) is 17.7. The largest absolute Gasteiger partial charge is 0.391 e. The van der Waals surface area contributed by atoms with Crippen LogP contribution in [0.5, 0.6) is 0 Å². The van der Waals surface area contributed by atoms with Crippen molar-refractivity contribution in [2.24, 2.45) is 34.0 Å². The fourth-order valence-electron chi connectivity index (χ4n) is 7.20. The quantitative estimate of drug-likeness (QED) is 0.494. The standard InChI is InChI=1S/C21H37BrO/c1-14-8-13-21(22)17(23)16-18(2,3)10-7-11-20(16,6)12-9-15(14)19(21,4)5/h14-17,23H,7-13H2,1-6H3/t14-,15-,16-,17-,20+,21+/m1/s1. The SMILES string of the molecule is C[C@@H]1CC[C@]2(Br)[C@H](O)[C@@H]3C(C)(C)CCC[C@@]3(C)CC[C@H]1C2(C)C. The minimum absolute atomic E-state index is 0.127. The summed E-state index contributed by atoms with van der Waals surface area (Å²) in [6.45, 7) is 14.6. The van der Waals surface area contributed by atoms with Gasteiger partial charge in [-0.3, -0.25) is 0 Å². The maximum Gasteiger partial charge on any atom is 0.0736 e. The van der Waals surface area contributed by atoms with Crippen LogP contribution in [0.2, 0.25) is 0 Å². The Labute approximate surface area is 152 Å². The van der Waals surface area contributed by atoms with Gasteiger partial charge in [0.1, 0.15) is 0 Å². The molecule has 0 aromatic carbocycles. The van der Waals surface area contributed by atoms with E-state index >= 15 is 0 Å². The predicted octanol–water partition coefficient (Wildman–Crippen LogP) is 6.18. The van der Waals surface area contributed by atoms with Gasteiger partial charge in [0.15, 0.2) is 0 Å². The Morgan fingerprint density at radius 1 is 0.913 bits per heavy atom. The molecular weight excluding hydrogens is 348 g/mol. The summed E-state index contributed by atoms with van der Waals surface area (Å²) in [5, 5.41) is 11.8. The van der Waals surface area contributed by atoms with E-state index in [0.717, 1.165) is 12.3 Å². The van der Waals surface area contributed by atoms with E-state index in [-0.39, 0.29) is 21.3 Å². The van der Waals surface area contributed by atoms with E-state index in [1.807, 2.05) is 0 Å². The zero-order chi connectivity index (χ0) is 17.3. The summed E-state index contributed by atoms with van der Waals surface area (Å²) in [5.74, 6) is 1.89. The Kier molecular flexibility index (Phi) is 4.33. The maximum atomic E-state index is 11.8. The van der Waals surface area contributed by atoms with Crippen LogP contribution >= 0.6 is 15.9 Å². The second kappa shape index (κ2) is 5.47. The lowest BCUT2D eigenvalue weighted by Crippen LogP contribution is -2.64. The van der Waals surface area contributed by atoms with Crippen molar-refractivity contribution in [3.05, 3.63) is 0 Å². The molecule has 3 aliphatic rings. The van der Waals surface area contributed by atoms with Crippen molar-refractivity contribution in [2.45, 2.75) is 96.9 Å². The summed E-state index contributed by atoms with van der Waals surface area (Å²) in [6, 6.07) is 0. The van der Waals surface area contributed by atoms with Crippen LogP contribution in [0.25, 0.3) is 0 Å². The van der Waals surface area contributed by atoms with Gasteiger partial charge in [0.25, 0.3) is 0 Å². The third kappa shape index (κ3) is 2.48. The van der Waals surface area contributed by atoms with Gasteiger partial charge in [-0.15, -0.1) is 0 Å². The minimum Gasteiger partial charge on any atom is -0.391 e. The van der Waals surface area contributed by atoms with Crippen molar-refractivity contribution >= 4 is 15.9 Å². The Balaban J connectivity index is 2.11. The number of halogens is 1. The van der Waals surface area contributed by atoms with Crippen LogP contribution in [0, 0.1) is 34.0 Å². The van der Waals surface area contributed by atoms with Crippen LogP contribution < -0.4 is 0 Å². The summed E-state index contributed by atoms with van der Waals surface area (Å²) in [5.41, 5.74) is 0.685. The van der Waals surface area contributed by atoms with Crippen LogP contribution in [0.4, 0.5) is 0 Å². The Hall–Kier alpha value is 0.440. The van der Waals surface area contributed by atoms with Gasteiger partial charge in [-0.25, -0.2) is 0 Å². The zero-order valence-electron chi connectivity index (χ0n) is 16.1. The van der Waals surface area contributed by atoms with Gasteiger partial charge in [-0.1, -0.05) is 63.9 Å². The van der Waals surface area contributed by atoms with Crippen LogP contribution in [-0.2, 0) is 0 Å². The predicted molar refractivity (Wildman–Crippen MR) is 102 cm³/mol. The lowest BCUT2D eigenvalue weighted by atomic mass is 9.45. The number of fused-ring (bicyclic) bond motifs is 3. The molecule has 0 aromatic heterocycles. The van der Waals surface area contributed by atoms with Crippen molar-refractivity contribution < 1.29 is 5.11 Å². The number of hydrogen-bond acceptors (Lipinski definition) is 1. The molecule has 0 unspecified atom stereocenters. The highest BCUT2D eigenvalue weighted by molar-refractivity contribution is 9.10. The Bertz CT molecular complexity index is 470. The molecule has 0 spiro atoms. The third-order valence-corrected chi connectivity index (χ3v) is 10.5. The van der Waals surface area contributed by atoms with Crippen molar-refractivity contribution in [1.29, 1.82) is 0 Å². The summed E-state index contributed by atoms with van der Waals surface area (Å²) in [6.07, 6.45) is 8.62. The molecular formula is C21H37BrO. The van der Waals surface area contributed by atoms with E-state index in [1.165, 1.54) is 38.5 Å². The molecule has 2 bridgehead atoms. The molecule has 1 N–H and O–H groups in total. The monoisotopic (exact) mass is 384 g/mol. The average Bonchev–Trinajstić information content (AvgIpc) is 2.41. The van der Waals surface area contributed by atoms with Crippen molar-refractivity contribution in [3.8, 4) is 0 Å². The molecule has 3 saturated carbocycles. The summed E-state index contributed by atoms with van der Waals surface area (Å²) in [7, 11) is 0. The molecule has 1 nitrogen and oxygen atoms in total. The van der Waals surface area contributed by atoms with Crippen molar-refractivity contribution in [3.63, 3.8) is 0 Å². The molecule has 134 valence electrons. The van der Waals surface area contributed by atoms with E-state index in [1.54, 1.807) is 0 Å². The lowest BCUT2D eigenvalue weighted by Gasteiger charge is -2.64. The maximum absolute atomic E-state index is 11.8. The van der Waals surface area contributed by atoms with Gasteiger partial charge >= 0.3 is 0 Å². The summed E-state index contributed by atoms with van der Waals surface area (Å²) >= 11 is 4.17. The minimum atomic E-state index is -0.243. The van der Waals surface area contributed by atoms with Gasteiger partial charge in [0.05, 0.1) is 10.4 Å². The summed E-state index contributed by atoms with van der Waals surface area (Å²) in [4.78, 5) is 0. The third-order valence-electron chi connectivity index (χ3n) is 8.62. The molecule has 0 saturated heterocycles.